The standard InChI is InChI=1S/C13H19NO/c1-14(2)13(8-3-4-9-13)11-6-5-7-12(15)10-11/h5-7,10,15H,3-4,8-9H2,1-2H3. The zero-order valence-corrected chi connectivity index (χ0v) is 9.53. The van der Waals surface area contributed by atoms with Crippen LogP contribution in [-0.2, 0) is 5.54 Å². The van der Waals surface area contributed by atoms with E-state index in [0.29, 0.717) is 5.75 Å². The Bertz CT molecular complexity index is 340. The van der Waals surface area contributed by atoms with Crippen LogP contribution in [0.2, 0.25) is 0 Å². The van der Waals surface area contributed by atoms with Gasteiger partial charge in [0.1, 0.15) is 5.75 Å². The molecular weight excluding hydrogens is 186 g/mol. The van der Waals surface area contributed by atoms with Crippen LogP contribution in [0.15, 0.2) is 24.3 Å². The Hall–Kier alpha value is -1.02. The van der Waals surface area contributed by atoms with E-state index < -0.39 is 0 Å². The molecule has 0 heterocycles. The fraction of sp³-hybridized carbons (Fsp3) is 0.538. The summed E-state index contributed by atoms with van der Waals surface area (Å²) in [5.74, 6) is 0.376. The molecule has 1 aliphatic rings. The summed E-state index contributed by atoms with van der Waals surface area (Å²) in [5.41, 5.74) is 1.41. The van der Waals surface area contributed by atoms with Gasteiger partial charge in [0.2, 0.25) is 0 Å². The molecule has 0 aromatic heterocycles. The molecule has 2 nitrogen and oxygen atoms in total. The predicted molar refractivity (Wildman–Crippen MR) is 61.9 cm³/mol. The molecule has 0 spiro atoms. The van der Waals surface area contributed by atoms with Gasteiger partial charge in [-0.3, -0.25) is 4.90 Å². The number of hydrogen-bond donors (Lipinski definition) is 1. The van der Waals surface area contributed by atoms with E-state index in [9.17, 15) is 5.11 Å². The number of benzene rings is 1. The first kappa shape index (κ1) is 10.5. The highest BCUT2D eigenvalue weighted by Crippen LogP contribution is 2.43. The second-order valence-electron chi connectivity index (χ2n) is 4.68. The van der Waals surface area contributed by atoms with Gasteiger partial charge >= 0.3 is 0 Å². The maximum absolute atomic E-state index is 9.55. The van der Waals surface area contributed by atoms with Crippen LogP contribution in [0.25, 0.3) is 0 Å². The molecule has 1 fully saturated rings. The van der Waals surface area contributed by atoms with Crippen LogP contribution < -0.4 is 0 Å². The van der Waals surface area contributed by atoms with Crippen LogP contribution in [0, 0.1) is 0 Å². The van der Waals surface area contributed by atoms with Gasteiger partial charge in [-0.15, -0.1) is 0 Å². The number of nitrogens with zero attached hydrogens (tertiary/aromatic N) is 1. The molecule has 0 amide bonds. The van der Waals surface area contributed by atoms with E-state index in [-0.39, 0.29) is 5.54 Å². The Morgan fingerprint density at radius 1 is 1.20 bits per heavy atom. The summed E-state index contributed by atoms with van der Waals surface area (Å²) in [6.07, 6.45) is 4.97. The molecule has 0 aliphatic heterocycles. The Kier molecular flexibility index (Phi) is 2.70. The third-order valence-corrected chi connectivity index (χ3v) is 3.67. The molecule has 0 bridgehead atoms. The van der Waals surface area contributed by atoms with Crippen LogP contribution in [0.1, 0.15) is 31.2 Å². The maximum Gasteiger partial charge on any atom is 0.115 e. The van der Waals surface area contributed by atoms with Crippen molar-refractivity contribution in [3.05, 3.63) is 29.8 Å². The Morgan fingerprint density at radius 3 is 2.40 bits per heavy atom. The molecule has 0 unspecified atom stereocenters. The molecule has 1 aliphatic carbocycles. The van der Waals surface area contributed by atoms with Crippen molar-refractivity contribution in [2.45, 2.75) is 31.2 Å². The van der Waals surface area contributed by atoms with E-state index in [4.69, 9.17) is 0 Å². The third kappa shape index (κ3) is 1.74. The average molecular weight is 205 g/mol. The molecule has 2 rings (SSSR count). The van der Waals surface area contributed by atoms with E-state index in [0.717, 1.165) is 0 Å². The molecule has 15 heavy (non-hydrogen) atoms. The average Bonchev–Trinajstić information content (AvgIpc) is 2.67. The van der Waals surface area contributed by atoms with Crippen LogP contribution in [0.3, 0.4) is 0 Å². The summed E-state index contributed by atoms with van der Waals surface area (Å²) in [6.45, 7) is 0. The topological polar surface area (TPSA) is 23.5 Å². The zero-order chi connectivity index (χ0) is 10.9. The SMILES string of the molecule is CN(C)C1(c2cccc(O)c2)CCCC1. The van der Waals surface area contributed by atoms with Crippen LogP contribution in [0.4, 0.5) is 0 Å². The lowest BCUT2D eigenvalue weighted by molar-refractivity contribution is 0.158. The summed E-state index contributed by atoms with van der Waals surface area (Å²) < 4.78 is 0. The van der Waals surface area contributed by atoms with Gasteiger partial charge in [0.05, 0.1) is 0 Å². The highest BCUT2D eigenvalue weighted by Gasteiger charge is 2.37. The Balaban J connectivity index is 2.41. The van der Waals surface area contributed by atoms with E-state index in [2.05, 4.69) is 25.1 Å². The number of rotatable bonds is 2. The molecule has 2 heteroatoms. The van der Waals surface area contributed by atoms with Crippen LogP contribution >= 0.6 is 0 Å². The largest absolute Gasteiger partial charge is 0.508 e. The van der Waals surface area contributed by atoms with Gasteiger partial charge in [0.25, 0.3) is 0 Å². The summed E-state index contributed by atoms with van der Waals surface area (Å²) in [6, 6.07) is 7.71. The molecule has 1 aromatic carbocycles. The van der Waals surface area contributed by atoms with Crippen LogP contribution in [-0.4, -0.2) is 24.1 Å². The minimum absolute atomic E-state index is 0.152. The lowest BCUT2D eigenvalue weighted by Crippen LogP contribution is -2.38. The minimum Gasteiger partial charge on any atom is -0.508 e. The molecule has 82 valence electrons. The molecule has 1 N–H and O–H groups in total. The van der Waals surface area contributed by atoms with Crippen molar-refractivity contribution in [2.24, 2.45) is 0 Å². The van der Waals surface area contributed by atoms with Gasteiger partial charge in [-0.1, -0.05) is 25.0 Å². The fourth-order valence-corrected chi connectivity index (χ4v) is 2.75. The molecule has 1 aromatic rings. The van der Waals surface area contributed by atoms with Crippen molar-refractivity contribution in [1.29, 1.82) is 0 Å². The van der Waals surface area contributed by atoms with Gasteiger partial charge in [0.15, 0.2) is 0 Å². The van der Waals surface area contributed by atoms with Gasteiger partial charge in [-0.25, -0.2) is 0 Å². The third-order valence-electron chi connectivity index (χ3n) is 3.67. The van der Waals surface area contributed by atoms with E-state index in [1.165, 1.54) is 31.2 Å². The van der Waals surface area contributed by atoms with Crippen molar-refractivity contribution >= 4 is 0 Å². The summed E-state index contributed by atoms with van der Waals surface area (Å²) in [5, 5.41) is 9.55. The van der Waals surface area contributed by atoms with Gasteiger partial charge in [-0.2, -0.15) is 0 Å². The maximum atomic E-state index is 9.55. The number of hydrogen-bond acceptors (Lipinski definition) is 2. The quantitative estimate of drug-likeness (QED) is 0.802. The molecular formula is C13H19NO. The summed E-state index contributed by atoms with van der Waals surface area (Å²) in [7, 11) is 4.27. The van der Waals surface area contributed by atoms with Crippen LogP contribution in [0.5, 0.6) is 5.75 Å². The number of phenolic OH excluding ortho intramolecular Hbond substituents is 1. The molecule has 0 saturated heterocycles. The van der Waals surface area contributed by atoms with Crippen molar-refractivity contribution < 1.29 is 5.11 Å². The van der Waals surface area contributed by atoms with E-state index in [1.807, 2.05) is 12.1 Å². The van der Waals surface area contributed by atoms with Gasteiger partial charge < -0.3 is 5.11 Å². The first-order chi connectivity index (χ1) is 7.15. The lowest BCUT2D eigenvalue weighted by Gasteiger charge is -2.37. The smallest absolute Gasteiger partial charge is 0.115 e. The fourth-order valence-electron chi connectivity index (χ4n) is 2.75. The number of phenols is 1. The molecule has 0 atom stereocenters. The molecule has 0 radical (unpaired) electrons. The first-order valence-electron chi connectivity index (χ1n) is 5.62. The highest BCUT2D eigenvalue weighted by atomic mass is 16.3. The van der Waals surface area contributed by atoms with E-state index >= 15 is 0 Å². The Morgan fingerprint density at radius 2 is 1.87 bits per heavy atom. The van der Waals surface area contributed by atoms with Gasteiger partial charge in [-0.05, 0) is 44.6 Å². The normalized spacial score (nSPS) is 19.7. The van der Waals surface area contributed by atoms with Gasteiger partial charge in [0, 0.05) is 5.54 Å². The Labute approximate surface area is 91.5 Å². The summed E-state index contributed by atoms with van der Waals surface area (Å²) in [4.78, 5) is 2.30. The van der Waals surface area contributed by atoms with Crippen molar-refractivity contribution in [3.8, 4) is 5.75 Å². The highest BCUT2D eigenvalue weighted by molar-refractivity contribution is 5.33. The molecule has 1 saturated carbocycles. The van der Waals surface area contributed by atoms with Crippen molar-refractivity contribution in [3.63, 3.8) is 0 Å². The second-order valence-corrected chi connectivity index (χ2v) is 4.68. The van der Waals surface area contributed by atoms with E-state index in [1.54, 1.807) is 6.07 Å². The lowest BCUT2D eigenvalue weighted by atomic mass is 9.87. The summed E-state index contributed by atoms with van der Waals surface area (Å²) >= 11 is 0. The predicted octanol–water partition coefficient (Wildman–Crippen LogP) is 2.72. The second kappa shape index (κ2) is 3.86. The zero-order valence-electron chi connectivity index (χ0n) is 9.53. The number of aromatic hydroxyl groups is 1. The monoisotopic (exact) mass is 205 g/mol. The van der Waals surface area contributed by atoms with Crippen molar-refractivity contribution in [1.82, 2.24) is 4.90 Å². The first-order valence-corrected chi connectivity index (χ1v) is 5.62. The minimum atomic E-state index is 0.152. The van der Waals surface area contributed by atoms with Crippen molar-refractivity contribution in [2.75, 3.05) is 14.1 Å².